The van der Waals surface area contributed by atoms with Gasteiger partial charge in [-0.15, -0.1) is 0 Å². The smallest absolute Gasteiger partial charge is 0.229 e. The molecule has 0 radical (unpaired) electrons. The average molecular weight is 503 g/mol. The molecule has 3 heterocycles. The summed E-state index contributed by atoms with van der Waals surface area (Å²) in [7, 11) is 0. The molecular formula is C27H27FN6OS. The lowest BCUT2D eigenvalue weighted by Crippen LogP contribution is -2.31. The number of benzene rings is 2. The zero-order valence-corrected chi connectivity index (χ0v) is 20.4. The quantitative estimate of drug-likeness (QED) is 0.255. The number of anilines is 4. The number of aliphatic hydroxyl groups excluding tert-OH is 1. The maximum atomic E-state index is 13.1. The van der Waals surface area contributed by atoms with Gasteiger partial charge in [-0.25, -0.2) is 13.7 Å². The molecule has 1 saturated heterocycles. The van der Waals surface area contributed by atoms with Crippen LogP contribution in [0.3, 0.4) is 0 Å². The van der Waals surface area contributed by atoms with Gasteiger partial charge in [0.2, 0.25) is 5.95 Å². The van der Waals surface area contributed by atoms with E-state index >= 15 is 0 Å². The summed E-state index contributed by atoms with van der Waals surface area (Å²) in [6, 6.07) is 19.8. The van der Waals surface area contributed by atoms with E-state index < -0.39 is 6.10 Å². The molecular weight excluding hydrogens is 475 g/mol. The van der Waals surface area contributed by atoms with E-state index in [0.29, 0.717) is 11.8 Å². The normalized spacial score (nSPS) is 15.4. The molecule has 1 fully saturated rings. The van der Waals surface area contributed by atoms with Crippen LogP contribution in [-0.2, 0) is 0 Å². The fourth-order valence-corrected chi connectivity index (χ4v) is 5.10. The van der Waals surface area contributed by atoms with Gasteiger partial charge in [-0.05, 0) is 96.9 Å². The number of halogens is 1. The summed E-state index contributed by atoms with van der Waals surface area (Å²) in [5, 5.41) is 17.0. The number of hydrogen-bond acceptors (Lipinski definition) is 8. The van der Waals surface area contributed by atoms with Crippen molar-refractivity contribution in [2.75, 3.05) is 23.7 Å². The number of aromatic nitrogens is 3. The zero-order valence-electron chi connectivity index (χ0n) is 19.6. The van der Waals surface area contributed by atoms with Crippen molar-refractivity contribution in [2.24, 2.45) is 5.92 Å². The number of piperidine rings is 1. The van der Waals surface area contributed by atoms with Gasteiger partial charge in [0.1, 0.15) is 11.6 Å². The maximum absolute atomic E-state index is 13.1. The highest BCUT2D eigenvalue weighted by molar-refractivity contribution is 7.97. The number of hydrogen-bond donors (Lipinski definition) is 3. The molecule has 0 aliphatic carbocycles. The lowest BCUT2D eigenvalue weighted by Gasteiger charge is -2.33. The van der Waals surface area contributed by atoms with Gasteiger partial charge in [-0.3, -0.25) is 4.98 Å². The molecule has 5 rings (SSSR count). The minimum Gasteiger partial charge on any atom is -0.388 e. The second kappa shape index (κ2) is 11.5. The lowest BCUT2D eigenvalue weighted by molar-refractivity contribution is 0.0775. The summed E-state index contributed by atoms with van der Waals surface area (Å²) in [6.45, 7) is 1.85. The number of nitrogens with one attached hydrogen (secondary N) is 2. The Morgan fingerprint density at radius 1 is 0.917 bits per heavy atom. The first-order chi connectivity index (χ1) is 17.6. The van der Waals surface area contributed by atoms with Crippen LogP contribution in [0, 0.1) is 11.7 Å². The Morgan fingerprint density at radius 2 is 1.64 bits per heavy atom. The Balaban J connectivity index is 1.12. The van der Waals surface area contributed by atoms with Gasteiger partial charge < -0.3 is 15.7 Å². The number of aliphatic hydroxyl groups is 1. The second-order valence-electron chi connectivity index (χ2n) is 8.64. The van der Waals surface area contributed by atoms with Gasteiger partial charge in [0.25, 0.3) is 0 Å². The molecule has 7 nitrogen and oxygen atoms in total. The van der Waals surface area contributed by atoms with Gasteiger partial charge in [-0.1, -0.05) is 6.07 Å². The first kappa shape index (κ1) is 24.2. The van der Waals surface area contributed by atoms with Crippen LogP contribution in [0.5, 0.6) is 0 Å². The van der Waals surface area contributed by atoms with Crippen molar-refractivity contribution in [3.05, 3.63) is 96.7 Å². The topological polar surface area (TPSA) is 86.2 Å². The first-order valence-electron chi connectivity index (χ1n) is 11.9. The van der Waals surface area contributed by atoms with Crippen LogP contribution in [-0.4, -0.2) is 37.5 Å². The molecule has 9 heteroatoms. The van der Waals surface area contributed by atoms with Crippen LogP contribution >= 0.6 is 11.9 Å². The molecule has 4 aromatic rings. The monoisotopic (exact) mass is 502 g/mol. The van der Waals surface area contributed by atoms with E-state index in [1.807, 2.05) is 24.3 Å². The largest absolute Gasteiger partial charge is 0.388 e. The predicted octanol–water partition coefficient (Wildman–Crippen LogP) is 5.95. The molecule has 1 atom stereocenters. The highest BCUT2D eigenvalue weighted by Crippen LogP contribution is 2.34. The van der Waals surface area contributed by atoms with Gasteiger partial charge >= 0.3 is 0 Å². The summed E-state index contributed by atoms with van der Waals surface area (Å²) in [5.41, 5.74) is 2.53. The van der Waals surface area contributed by atoms with Crippen LogP contribution < -0.4 is 10.6 Å². The minimum absolute atomic E-state index is 0.255. The second-order valence-corrected chi connectivity index (χ2v) is 9.81. The van der Waals surface area contributed by atoms with Crippen LogP contribution in [0.1, 0.15) is 24.5 Å². The van der Waals surface area contributed by atoms with E-state index in [0.717, 1.165) is 47.8 Å². The molecule has 36 heavy (non-hydrogen) atoms. The van der Waals surface area contributed by atoms with Gasteiger partial charge in [0, 0.05) is 48.0 Å². The lowest BCUT2D eigenvalue weighted by atomic mass is 9.89. The SMILES string of the molecule is OC(c1cccnc1)C1CCN(Sc2ccc(Nc3nccc(Nc4ccc(F)cc4)n3)cc2)CC1. The fourth-order valence-electron chi connectivity index (χ4n) is 4.15. The Hall–Kier alpha value is -3.53. The Kier molecular flexibility index (Phi) is 7.70. The summed E-state index contributed by atoms with van der Waals surface area (Å²) in [4.78, 5) is 14.0. The summed E-state index contributed by atoms with van der Waals surface area (Å²) >= 11 is 1.74. The molecule has 0 spiro atoms. The van der Waals surface area contributed by atoms with Gasteiger partial charge in [0.05, 0.1) is 6.10 Å². The predicted molar refractivity (Wildman–Crippen MR) is 141 cm³/mol. The number of nitrogens with zero attached hydrogens (tertiary/aromatic N) is 4. The molecule has 3 N–H and O–H groups in total. The van der Waals surface area contributed by atoms with Crippen molar-refractivity contribution in [1.82, 2.24) is 19.3 Å². The van der Waals surface area contributed by atoms with E-state index in [-0.39, 0.29) is 11.7 Å². The highest BCUT2D eigenvalue weighted by atomic mass is 32.2. The Labute approximate surface area is 214 Å². The van der Waals surface area contributed by atoms with Crippen molar-refractivity contribution < 1.29 is 9.50 Å². The average Bonchev–Trinajstić information content (AvgIpc) is 2.92. The molecule has 0 saturated carbocycles. The van der Waals surface area contributed by atoms with E-state index in [1.54, 1.807) is 48.7 Å². The van der Waals surface area contributed by atoms with Crippen molar-refractivity contribution in [2.45, 2.75) is 23.8 Å². The van der Waals surface area contributed by atoms with Gasteiger partial charge in [-0.2, -0.15) is 4.98 Å². The third-order valence-electron chi connectivity index (χ3n) is 6.09. The molecule has 1 aliphatic rings. The fraction of sp³-hybridized carbons (Fsp3) is 0.222. The summed E-state index contributed by atoms with van der Waals surface area (Å²) < 4.78 is 15.5. The zero-order chi connectivity index (χ0) is 24.7. The van der Waals surface area contributed by atoms with E-state index in [9.17, 15) is 9.50 Å². The van der Waals surface area contributed by atoms with Crippen molar-refractivity contribution >= 4 is 35.1 Å². The molecule has 184 valence electrons. The summed E-state index contributed by atoms with van der Waals surface area (Å²) in [6.07, 6.45) is 6.59. The minimum atomic E-state index is -0.456. The van der Waals surface area contributed by atoms with E-state index in [1.165, 1.54) is 12.1 Å². The molecule has 0 amide bonds. The van der Waals surface area contributed by atoms with E-state index in [4.69, 9.17) is 0 Å². The Bertz CT molecular complexity index is 1250. The van der Waals surface area contributed by atoms with Crippen molar-refractivity contribution in [3.63, 3.8) is 0 Å². The summed E-state index contributed by atoms with van der Waals surface area (Å²) in [5.74, 6) is 1.06. The van der Waals surface area contributed by atoms with Crippen LogP contribution in [0.15, 0.2) is 90.2 Å². The van der Waals surface area contributed by atoms with Gasteiger partial charge in [0.15, 0.2) is 0 Å². The van der Waals surface area contributed by atoms with Crippen molar-refractivity contribution in [1.29, 1.82) is 0 Å². The molecule has 1 unspecified atom stereocenters. The Morgan fingerprint density at radius 3 is 2.36 bits per heavy atom. The first-order valence-corrected chi connectivity index (χ1v) is 12.6. The third-order valence-corrected chi connectivity index (χ3v) is 7.19. The van der Waals surface area contributed by atoms with Crippen LogP contribution in [0.4, 0.5) is 27.5 Å². The highest BCUT2D eigenvalue weighted by Gasteiger charge is 2.26. The number of rotatable bonds is 8. The molecule has 0 bridgehead atoms. The third kappa shape index (κ3) is 6.37. The standard InChI is InChI=1S/C27H27FN6OS/c28-21-3-5-22(6-4-21)31-25-11-15-30-27(33-25)32-23-7-9-24(10-8-23)36-34-16-12-19(13-17-34)26(35)20-2-1-14-29-18-20/h1-11,14-15,18-19,26,35H,12-13,16-17H2,(H2,30,31,32,33). The van der Waals surface area contributed by atoms with Crippen LogP contribution in [0.2, 0.25) is 0 Å². The van der Waals surface area contributed by atoms with E-state index in [2.05, 4.69) is 42.0 Å². The van der Waals surface area contributed by atoms with Crippen LogP contribution in [0.25, 0.3) is 0 Å². The number of pyridine rings is 1. The molecule has 2 aromatic carbocycles. The van der Waals surface area contributed by atoms with Crippen molar-refractivity contribution in [3.8, 4) is 0 Å². The maximum Gasteiger partial charge on any atom is 0.229 e. The molecule has 2 aromatic heterocycles. The molecule has 1 aliphatic heterocycles.